The Kier molecular flexibility index (Phi) is 4.98. The average molecular weight is 281 g/mol. The number of aromatic nitrogens is 1. The maximum Gasteiger partial charge on any atom is 0.113 e. The van der Waals surface area contributed by atoms with Crippen molar-refractivity contribution >= 4 is 11.3 Å². The van der Waals surface area contributed by atoms with E-state index >= 15 is 0 Å². The van der Waals surface area contributed by atoms with Crippen molar-refractivity contribution in [1.82, 2.24) is 15.2 Å². The maximum atomic E-state index is 4.91. The van der Waals surface area contributed by atoms with Crippen LogP contribution in [0.15, 0.2) is 5.38 Å². The minimum absolute atomic E-state index is 0.123. The molecule has 108 valence electrons. The van der Waals surface area contributed by atoms with Gasteiger partial charge in [0.05, 0.1) is 11.2 Å². The number of nitrogens with one attached hydrogen (secondary N) is 1. The molecule has 0 spiro atoms. The molecule has 3 nitrogen and oxygen atoms in total. The van der Waals surface area contributed by atoms with Gasteiger partial charge in [-0.2, -0.15) is 0 Å². The van der Waals surface area contributed by atoms with Gasteiger partial charge in [-0.1, -0.05) is 27.7 Å². The summed E-state index contributed by atoms with van der Waals surface area (Å²) in [5.74, 6) is 0.527. The van der Waals surface area contributed by atoms with E-state index in [1.54, 1.807) is 0 Å². The maximum absolute atomic E-state index is 4.91. The fraction of sp³-hybridized carbons (Fsp3) is 0.800. The third-order valence-corrected chi connectivity index (χ3v) is 5.26. The number of hydrogen-bond donors (Lipinski definition) is 1. The molecule has 1 fully saturated rings. The fourth-order valence-electron chi connectivity index (χ4n) is 2.83. The zero-order valence-corrected chi connectivity index (χ0v) is 13.5. The molecule has 4 heteroatoms. The first-order valence-corrected chi connectivity index (χ1v) is 8.42. The van der Waals surface area contributed by atoms with Gasteiger partial charge in [0.2, 0.25) is 0 Å². The molecule has 1 aromatic rings. The average Bonchev–Trinajstić information content (AvgIpc) is 2.90. The Bertz CT molecular complexity index is 392. The zero-order chi connectivity index (χ0) is 13.9. The highest BCUT2D eigenvalue weighted by atomic mass is 32.1. The lowest BCUT2D eigenvalue weighted by molar-refractivity contribution is 0.140. The molecule has 1 N–H and O–H groups in total. The molecule has 0 atom stereocenters. The van der Waals surface area contributed by atoms with Crippen molar-refractivity contribution in [2.75, 3.05) is 26.2 Å². The van der Waals surface area contributed by atoms with E-state index in [4.69, 9.17) is 4.98 Å². The molecule has 1 saturated heterocycles. The van der Waals surface area contributed by atoms with Crippen molar-refractivity contribution in [2.45, 2.75) is 52.0 Å². The lowest BCUT2D eigenvalue weighted by Gasteiger charge is -2.41. The summed E-state index contributed by atoms with van der Waals surface area (Å²) in [4.78, 5) is 7.45. The van der Waals surface area contributed by atoms with E-state index in [0.717, 1.165) is 13.1 Å². The fourth-order valence-corrected chi connectivity index (χ4v) is 4.04. The van der Waals surface area contributed by atoms with Crippen molar-refractivity contribution in [2.24, 2.45) is 0 Å². The summed E-state index contributed by atoms with van der Waals surface area (Å²) in [5.41, 5.74) is 1.37. The SMILES string of the molecule is CCNC1(c2nc(C(C)C)cs2)CCN(CC)CC1. The highest BCUT2D eigenvalue weighted by Gasteiger charge is 2.37. The van der Waals surface area contributed by atoms with E-state index in [2.05, 4.69) is 43.3 Å². The molecule has 0 saturated carbocycles. The van der Waals surface area contributed by atoms with Gasteiger partial charge in [-0.3, -0.25) is 0 Å². The zero-order valence-electron chi connectivity index (χ0n) is 12.7. The van der Waals surface area contributed by atoms with Gasteiger partial charge in [0.15, 0.2) is 0 Å². The Balaban J connectivity index is 2.19. The summed E-state index contributed by atoms with van der Waals surface area (Å²) in [6.07, 6.45) is 2.36. The van der Waals surface area contributed by atoms with Gasteiger partial charge in [-0.25, -0.2) is 4.98 Å². The van der Waals surface area contributed by atoms with Gasteiger partial charge in [0, 0.05) is 18.5 Å². The first-order valence-electron chi connectivity index (χ1n) is 7.54. The Hall–Kier alpha value is -0.450. The standard InChI is InChI=1S/C15H27N3S/c1-5-16-15(7-9-18(6-2)10-8-15)14-17-13(11-19-14)12(3)4/h11-12,16H,5-10H2,1-4H3. The number of piperidine rings is 1. The van der Waals surface area contributed by atoms with E-state index < -0.39 is 0 Å². The van der Waals surface area contributed by atoms with Gasteiger partial charge < -0.3 is 10.2 Å². The molecular formula is C15H27N3S. The van der Waals surface area contributed by atoms with Crippen LogP contribution in [0.1, 0.15) is 57.2 Å². The van der Waals surface area contributed by atoms with Crippen LogP contribution >= 0.6 is 11.3 Å². The Labute approximate surface area is 121 Å². The minimum Gasteiger partial charge on any atom is -0.306 e. The highest BCUT2D eigenvalue weighted by Crippen LogP contribution is 2.35. The molecule has 0 radical (unpaired) electrons. The van der Waals surface area contributed by atoms with E-state index in [1.165, 1.54) is 36.6 Å². The second-order valence-electron chi connectivity index (χ2n) is 5.78. The predicted molar refractivity (Wildman–Crippen MR) is 82.9 cm³/mol. The van der Waals surface area contributed by atoms with Gasteiger partial charge >= 0.3 is 0 Å². The van der Waals surface area contributed by atoms with Crippen LogP contribution in [-0.4, -0.2) is 36.1 Å². The van der Waals surface area contributed by atoms with Gasteiger partial charge in [0.1, 0.15) is 5.01 Å². The normalized spacial score (nSPS) is 20.1. The predicted octanol–water partition coefficient (Wildman–Crippen LogP) is 3.19. The topological polar surface area (TPSA) is 28.2 Å². The smallest absolute Gasteiger partial charge is 0.113 e. The van der Waals surface area contributed by atoms with Crippen LogP contribution in [0.3, 0.4) is 0 Å². The summed E-state index contributed by atoms with van der Waals surface area (Å²) < 4.78 is 0. The first kappa shape index (κ1) is 14.9. The number of hydrogen-bond acceptors (Lipinski definition) is 4. The van der Waals surface area contributed by atoms with Crippen LogP contribution in [-0.2, 0) is 5.54 Å². The lowest BCUT2D eigenvalue weighted by Crippen LogP contribution is -2.51. The quantitative estimate of drug-likeness (QED) is 0.898. The van der Waals surface area contributed by atoms with Crippen molar-refractivity contribution in [3.05, 3.63) is 16.1 Å². The van der Waals surface area contributed by atoms with Crippen LogP contribution in [0, 0.1) is 0 Å². The van der Waals surface area contributed by atoms with Crippen LogP contribution in [0.4, 0.5) is 0 Å². The molecule has 2 heterocycles. The van der Waals surface area contributed by atoms with Crippen LogP contribution < -0.4 is 5.32 Å². The second kappa shape index (κ2) is 6.33. The van der Waals surface area contributed by atoms with Gasteiger partial charge in [-0.15, -0.1) is 11.3 Å². The second-order valence-corrected chi connectivity index (χ2v) is 6.64. The molecule has 1 aliphatic heterocycles. The molecule has 1 aromatic heterocycles. The van der Waals surface area contributed by atoms with E-state index in [1.807, 2.05) is 11.3 Å². The molecule has 0 aliphatic carbocycles. The summed E-state index contributed by atoms with van der Waals surface area (Å²) in [6, 6.07) is 0. The van der Waals surface area contributed by atoms with Crippen molar-refractivity contribution in [1.29, 1.82) is 0 Å². The van der Waals surface area contributed by atoms with Gasteiger partial charge in [0.25, 0.3) is 0 Å². The molecule has 0 aromatic carbocycles. The molecule has 0 bridgehead atoms. The van der Waals surface area contributed by atoms with Crippen molar-refractivity contribution in [3.8, 4) is 0 Å². The van der Waals surface area contributed by atoms with Crippen molar-refractivity contribution < 1.29 is 0 Å². The molecule has 0 amide bonds. The third-order valence-electron chi connectivity index (χ3n) is 4.19. The van der Waals surface area contributed by atoms with Crippen molar-refractivity contribution in [3.63, 3.8) is 0 Å². The Morgan fingerprint density at radius 1 is 1.37 bits per heavy atom. The Morgan fingerprint density at radius 2 is 2.05 bits per heavy atom. The number of nitrogens with zero attached hydrogens (tertiary/aromatic N) is 2. The van der Waals surface area contributed by atoms with E-state index in [-0.39, 0.29) is 5.54 Å². The third kappa shape index (κ3) is 3.18. The summed E-state index contributed by atoms with van der Waals surface area (Å²) in [7, 11) is 0. The summed E-state index contributed by atoms with van der Waals surface area (Å²) in [5, 5.41) is 7.27. The molecule has 0 unspecified atom stereocenters. The number of likely N-dealkylation sites (tertiary alicyclic amines) is 1. The Morgan fingerprint density at radius 3 is 2.53 bits per heavy atom. The summed E-state index contributed by atoms with van der Waals surface area (Å²) in [6.45, 7) is 13.4. The number of thiazole rings is 1. The first-order chi connectivity index (χ1) is 9.11. The minimum atomic E-state index is 0.123. The van der Waals surface area contributed by atoms with Gasteiger partial charge in [-0.05, 0) is 31.8 Å². The summed E-state index contributed by atoms with van der Waals surface area (Å²) >= 11 is 1.84. The van der Waals surface area contributed by atoms with E-state index in [0.29, 0.717) is 5.92 Å². The monoisotopic (exact) mass is 281 g/mol. The largest absolute Gasteiger partial charge is 0.306 e. The highest BCUT2D eigenvalue weighted by molar-refractivity contribution is 7.09. The van der Waals surface area contributed by atoms with Crippen LogP contribution in [0.2, 0.25) is 0 Å². The number of rotatable bonds is 5. The van der Waals surface area contributed by atoms with E-state index in [9.17, 15) is 0 Å². The van der Waals surface area contributed by atoms with Crippen LogP contribution in [0.5, 0.6) is 0 Å². The van der Waals surface area contributed by atoms with Crippen LogP contribution in [0.25, 0.3) is 0 Å². The molecule has 1 aliphatic rings. The lowest BCUT2D eigenvalue weighted by atomic mass is 9.88. The molecule has 19 heavy (non-hydrogen) atoms. The molecular weight excluding hydrogens is 254 g/mol. The molecule has 2 rings (SSSR count).